The van der Waals surface area contributed by atoms with E-state index in [0.29, 0.717) is 0 Å². The topological polar surface area (TPSA) is 45.0 Å². The number of nitrogens with zero attached hydrogens (tertiary/aromatic N) is 1. The van der Waals surface area contributed by atoms with E-state index in [2.05, 4.69) is 11.4 Å². The molecule has 1 N–H and O–H groups in total. The molecule has 86 valence electrons. The maximum absolute atomic E-state index is 9.09. The van der Waals surface area contributed by atoms with Gasteiger partial charge in [-0.1, -0.05) is 19.1 Å². The van der Waals surface area contributed by atoms with E-state index in [1.54, 1.807) is 7.11 Å². The van der Waals surface area contributed by atoms with E-state index in [9.17, 15) is 0 Å². The minimum atomic E-state index is -0.0166. The zero-order chi connectivity index (χ0) is 12.0. The van der Waals surface area contributed by atoms with Crippen molar-refractivity contribution in [2.45, 2.75) is 19.4 Å². The first kappa shape index (κ1) is 12.5. The van der Waals surface area contributed by atoms with Crippen LogP contribution in [-0.4, -0.2) is 14.2 Å². The highest BCUT2D eigenvalue weighted by molar-refractivity contribution is 5.31. The molecule has 0 aliphatic carbocycles. The van der Waals surface area contributed by atoms with Crippen molar-refractivity contribution in [2.24, 2.45) is 5.92 Å². The molecule has 0 aliphatic rings. The normalized spacial score (nSPS) is 13.9. The lowest BCUT2D eigenvalue weighted by Crippen LogP contribution is -2.24. The van der Waals surface area contributed by atoms with Gasteiger partial charge < -0.3 is 10.1 Å². The first-order valence-corrected chi connectivity index (χ1v) is 5.47. The molecule has 0 fully saturated rings. The Morgan fingerprint density at radius 3 is 2.75 bits per heavy atom. The molecule has 16 heavy (non-hydrogen) atoms. The third-order valence-electron chi connectivity index (χ3n) is 2.77. The van der Waals surface area contributed by atoms with E-state index in [0.717, 1.165) is 17.7 Å². The van der Waals surface area contributed by atoms with Crippen LogP contribution in [0.4, 0.5) is 0 Å². The Hall–Kier alpha value is -1.53. The summed E-state index contributed by atoms with van der Waals surface area (Å²) in [5, 5.41) is 12.3. The summed E-state index contributed by atoms with van der Waals surface area (Å²) in [5.74, 6) is 0.808. The zero-order valence-electron chi connectivity index (χ0n) is 10.0. The second kappa shape index (κ2) is 6.14. The molecule has 0 saturated heterocycles. The molecule has 1 aromatic rings. The molecule has 3 heteroatoms. The largest absolute Gasteiger partial charge is 0.497 e. The van der Waals surface area contributed by atoms with Crippen molar-refractivity contribution in [3.8, 4) is 11.8 Å². The summed E-state index contributed by atoms with van der Waals surface area (Å²) < 4.78 is 5.19. The first-order valence-electron chi connectivity index (χ1n) is 5.47. The highest BCUT2D eigenvalue weighted by atomic mass is 16.5. The summed E-state index contributed by atoms with van der Waals surface area (Å²) in [5.41, 5.74) is 1.09. The van der Waals surface area contributed by atoms with E-state index >= 15 is 0 Å². The van der Waals surface area contributed by atoms with E-state index in [1.165, 1.54) is 0 Å². The molecule has 0 heterocycles. The lowest BCUT2D eigenvalue weighted by molar-refractivity contribution is 0.409. The average molecular weight is 218 g/mol. The van der Waals surface area contributed by atoms with E-state index in [4.69, 9.17) is 10.00 Å². The third kappa shape index (κ3) is 2.74. The maximum Gasteiger partial charge on any atom is 0.119 e. The molecule has 0 amide bonds. The van der Waals surface area contributed by atoms with Gasteiger partial charge in [0.05, 0.1) is 19.1 Å². The van der Waals surface area contributed by atoms with Crippen LogP contribution in [0.3, 0.4) is 0 Å². The van der Waals surface area contributed by atoms with Gasteiger partial charge in [0.1, 0.15) is 5.75 Å². The van der Waals surface area contributed by atoms with Crippen LogP contribution in [0.5, 0.6) is 5.75 Å². The van der Waals surface area contributed by atoms with Crippen LogP contribution in [0.25, 0.3) is 0 Å². The van der Waals surface area contributed by atoms with Crippen molar-refractivity contribution in [1.82, 2.24) is 5.32 Å². The van der Waals surface area contributed by atoms with Gasteiger partial charge in [-0.3, -0.25) is 0 Å². The number of rotatable bonds is 5. The van der Waals surface area contributed by atoms with Crippen molar-refractivity contribution >= 4 is 0 Å². The number of hydrogen-bond donors (Lipinski definition) is 1. The average Bonchev–Trinajstić information content (AvgIpc) is 2.35. The van der Waals surface area contributed by atoms with Crippen molar-refractivity contribution < 1.29 is 4.74 Å². The van der Waals surface area contributed by atoms with Gasteiger partial charge in [0.15, 0.2) is 0 Å². The highest BCUT2D eigenvalue weighted by Gasteiger charge is 2.19. The van der Waals surface area contributed by atoms with Crippen molar-refractivity contribution in [2.75, 3.05) is 14.2 Å². The summed E-state index contributed by atoms with van der Waals surface area (Å²) in [4.78, 5) is 0. The van der Waals surface area contributed by atoms with Gasteiger partial charge in [-0.2, -0.15) is 5.26 Å². The number of nitrogens with one attached hydrogen (secondary N) is 1. The quantitative estimate of drug-likeness (QED) is 0.826. The SMILES string of the molecule is CCC(C#N)C(NC)c1cccc(OC)c1. The lowest BCUT2D eigenvalue weighted by atomic mass is 9.92. The fourth-order valence-electron chi connectivity index (χ4n) is 1.84. The Bertz CT molecular complexity index is 370. The van der Waals surface area contributed by atoms with Crippen molar-refractivity contribution in [3.05, 3.63) is 29.8 Å². The van der Waals surface area contributed by atoms with Crippen LogP contribution in [0, 0.1) is 17.2 Å². The molecule has 0 spiro atoms. The van der Waals surface area contributed by atoms with E-state index < -0.39 is 0 Å². The second-order valence-electron chi connectivity index (χ2n) is 3.69. The number of benzene rings is 1. The molecule has 0 bridgehead atoms. The minimum Gasteiger partial charge on any atom is -0.497 e. The van der Waals surface area contributed by atoms with Crippen LogP contribution in [0.15, 0.2) is 24.3 Å². The minimum absolute atomic E-state index is 0.0166. The van der Waals surface area contributed by atoms with Gasteiger partial charge in [0.2, 0.25) is 0 Å². The number of nitriles is 1. The van der Waals surface area contributed by atoms with Crippen molar-refractivity contribution in [3.63, 3.8) is 0 Å². The summed E-state index contributed by atoms with van der Waals surface area (Å²) in [6.45, 7) is 2.03. The monoisotopic (exact) mass is 218 g/mol. The van der Waals surface area contributed by atoms with Gasteiger partial charge in [-0.15, -0.1) is 0 Å². The maximum atomic E-state index is 9.09. The smallest absolute Gasteiger partial charge is 0.119 e. The van der Waals surface area contributed by atoms with Crippen LogP contribution in [0.1, 0.15) is 24.9 Å². The third-order valence-corrected chi connectivity index (χ3v) is 2.77. The van der Waals surface area contributed by atoms with Gasteiger partial charge in [0.25, 0.3) is 0 Å². The predicted molar refractivity (Wildman–Crippen MR) is 64.2 cm³/mol. The number of hydrogen-bond acceptors (Lipinski definition) is 3. The molecule has 0 radical (unpaired) electrons. The molecular formula is C13H18N2O. The Labute approximate surface area is 97.0 Å². The lowest BCUT2D eigenvalue weighted by Gasteiger charge is -2.21. The number of ether oxygens (including phenoxy) is 1. The predicted octanol–water partition coefficient (Wildman–Crippen LogP) is 2.51. The molecule has 0 saturated carbocycles. The Morgan fingerprint density at radius 1 is 1.50 bits per heavy atom. The van der Waals surface area contributed by atoms with Crippen molar-refractivity contribution in [1.29, 1.82) is 5.26 Å². The van der Waals surface area contributed by atoms with Gasteiger partial charge in [0, 0.05) is 6.04 Å². The van der Waals surface area contributed by atoms with Crippen LogP contribution in [0.2, 0.25) is 0 Å². The summed E-state index contributed by atoms with van der Waals surface area (Å²) in [7, 11) is 3.53. The Kier molecular flexibility index (Phi) is 4.81. The van der Waals surface area contributed by atoms with E-state index in [1.807, 2.05) is 38.2 Å². The molecule has 1 rings (SSSR count). The van der Waals surface area contributed by atoms with Crippen LogP contribution >= 0.6 is 0 Å². The highest BCUT2D eigenvalue weighted by Crippen LogP contribution is 2.26. The van der Waals surface area contributed by atoms with Crippen LogP contribution in [-0.2, 0) is 0 Å². The first-order chi connectivity index (χ1) is 7.76. The summed E-state index contributed by atoms with van der Waals surface area (Å²) in [6.07, 6.45) is 0.833. The molecule has 2 atom stereocenters. The van der Waals surface area contributed by atoms with Gasteiger partial charge in [-0.05, 0) is 31.2 Å². The second-order valence-corrected chi connectivity index (χ2v) is 3.69. The fraction of sp³-hybridized carbons (Fsp3) is 0.462. The molecule has 0 aliphatic heterocycles. The van der Waals surface area contributed by atoms with Gasteiger partial charge in [-0.25, -0.2) is 0 Å². The van der Waals surface area contributed by atoms with Crippen LogP contribution < -0.4 is 10.1 Å². The number of methoxy groups -OCH3 is 1. The van der Waals surface area contributed by atoms with Gasteiger partial charge >= 0.3 is 0 Å². The summed E-state index contributed by atoms with van der Waals surface area (Å²) in [6, 6.07) is 10.2. The zero-order valence-corrected chi connectivity index (χ0v) is 10.0. The summed E-state index contributed by atoms with van der Waals surface area (Å²) >= 11 is 0. The fourth-order valence-corrected chi connectivity index (χ4v) is 1.84. The molecule has 2 unspecified atom stereocenters. The molecule has 3 nitrogen and oxygen atoms in total. The Morgan fingerprint density at radius 2 is 2.25 bits per heavy atom. The molecule has 0 aromatic heterocycles. The molecular weight excluding hydrogens is 200 g/mol. The molecule has 1 aromatic carbocycles. The Balaban J connectivity index is 2.99. The standard InChI is InChI=1S/C13H18N2O/c1-4-10(9-14)13(15-2)11-6-5-7-12(8-11)16-3/h5-8,10,13,15H,4H2,1-3H3. The van der Waals surface area contributed by atoms with E-state index in [-0.39, 0.29) is 12.0 Å².